The number of nitrogens with zero attached hydrogens (tertiary/aromatic N) is 1. The number of likely N-dealkylation sites (N-methyl/N-ethyl adjacent to an activating group) is 1. The van der Waals surface area contributed by atoms with Gasteiger partial charge in [-0.2, -0.15) is 0 Å². The summed E-state index contributed by atoms with van der Waals surface area (Å²) in [7, 11) is 0. The van der Waals surface area contributed by atoms with E-state index in [0.29, 0.717) is 42.3 Å². The van der Waals surface area contributed by atoms with E-state index in [9.17, 15) is 9.59 Å². The zero-order valence-electron chi connectivity index (χ0n) is 24.7. The van der Waals surface area contributed by atoms with Crippen molar-refractivity contribution in [2.45, 2.75) is 39.5 Å². The smallest absolute Gasteiger partial charge is 0.338 e. The van der Waals surface area contributed by atoms with E-state index in [1.165, 1.54) is 0 Å². The summed E-state index contributed by atoms with van der Waals surface area (Å²) in [5.41, 5.74) is 8.95. The van der Waals surface area contributed by atoms with Crippen molar-refractivity contribution in [3.05, 3.63) is 114 Å². The number of hydrogen-bond donors (Lipinski definition) is 2. The van der Waals surface area contributed by atoms with Gasteiger partial charge in [0.15, 0.2) is 0 Å². The Kier molecular flexibility index (Phi) is 11.8. The number of ether oxygens (including phenoxy) is 3. The van der Waals surface area contributed by atoms with Crippen molar-refractivity contribution in [1.82, 2.24) is 4.90 Å². The number of nitrogens with two attached hydrogens (primary N) is 1. The third-order valence-electron chi connectivity index (χ3n) is 6.92. The molecule has 1 atom stereocenters. The molecule has 1 amide bonds. The number of carbonyl (C=O) groups excluding carboxylic acids is 2. The van der Waals surface area contributed by atoms with Crippen molar-refractivity contribution in [2.75, 3.05) is 31.6 Å². The highest BCUT2D eigenvalue weighted by Crippen LogP contribution is 2.28. The van der Waals surface area contributed by atoms with Crippen molar-refractivity contribution in [3.63, 3.8) is 0 Å². The molecule has 0 aliphatic rings. The maximum Gasteiger partial charge on any atom is 0.338 e. The van der Waals surface area contributed by atoms with Gasteiger partial charge in [0.25, 0.3) is 0 Å². The van der Waals surface area contributed by atoms with Crippen molar-refractivity contribution < 1.29 is 28.2 Å². The molecule has 43 heavy (non-hydrogen) atoms. The summed E-state index contributed by atoms with van der Waals surface area (Å²) < 4.78 is 22.6. The average molecular weight is 586 g/mol. The Balaban J connectivity index is 1.37. The van der Waals surface area contributed by atoms with Gasteiger partial charge in [-0.25, -0.2) is 4.79 Å². The summed E-state index contributed by atoms with van der Waals surface area (Å²) in [6.07, 6.45) is 1.87. The van der Waals surface area contributed by atoms with E-state index < -0.39 is 12.0 Å². The van der Waals surface area contributed by atoms with E-state index in [1.54, 1.807) is 36.6 Å². The standard InChI is InChI=1S/C34H39N3O6/c1-3-37(4-2)18-20-41-34(39)27-14-17-31(32(22-27)43-24-29-11-8-19-40-29)36-33(38)30(35)21-25-12-15-28(16-13-25)42-23-26-9-6-5-7-10-26/h5-17,19,22,30H,3-4,18,20-21,23-24,35H2,1-2H3,(H,36,38). The van der Waals surface area contributed by atoms with Gasteiger partial charge in [0.1, 0.15) is 37.1 Å². The minimum absolute atomic E-state index is 0.112. The molecule has 0 saturated carbocycles. The summed E-state index contributed by atoms with van der Waals surface area (Å²) in [5.74, 6) is 0.769. The lowest BCUT2D eigenvalue weighted by Crippen LogP contribution is -2.37. The molecule has 1 aromatic heterocycles. The molecule has 0 saturated heterocycles. The highest BCUT2D eigenvalue weighted by atomic mass is 16.5. The molecule has 3 N–H and O–H groups in total. The molecule has 3 aromatic carbocycles. The Morgan fingerprint density at radius 3 is 2.35 bits per heavy atom. The third kappa shape index (κ3) is 9.73. The molecule has 4 aromatic rings. The number of benzene rings is 3. The van der Waals surface area contributed by atoms with Gasteiger partial charge in [-0.3, -0.25) is 4.79 Å². The lowest BCUT2D eigenvalue weighted by molar-refractivity contribution is -0.117. The van der Waals surface area contributed by atoms with Crippen LogP contribution in [-0.4, -0.2) is 49.1 Å². The van der Waals surface area contributed by atoms with Gasteiger partial charge in [0.2, 0.25) is 5.91 Å². The van der Waals surface area contributed by atoms with E-state index >= 15 is 0 Å². The van der Waals surface area contributed by atoms with Crippen LogP contribution >= 0.6 is 0 Å². The fourth-order valence-electron chi connectivity index (χ4n) is 4.34. The molecule has 1 unspecified atom stereocenters. The van der Waals surface area contributed by atoms with E-state index in [4.69, 9.17) is 24.4 Å². The molecule has 0 aliphatic carbocycles. The molecular formula is C34H39N3O6. The van der Waals surface area contributed by atoms with Crippen molar-refractivity contribution in [2.24, 2.45) is 5.73 Å². The van der Waals surface area contributed by atoms with Gasteiger partial charge in [-0.1, -0.05) is 56.3 Å². The van der Waals surface area contributed by atoms with Crippen LogP contribution in [0.5, 0.6) is 11.5 Å². The third-order valence-corrected chi connectivity index (χ3v) is 6.92. The fraction of sp³-hybridized carbons (Fsp3) is 0.294. The first-order chi connectivity index (χ1) is 20.9. The molecule has 9 nitrogen and oxygen atoms in total. The summed E-state index contributed by atoms with van der Waals surface area (Å²) in [4.78, 5) is 28.0. The number of nitrogens with one attached hydrogen (secondary N) is 1. The second kappa shape index (κ2) is 16.1. The molecule has 0 bridgehead atoms. The first-order valence-electron chi connectivity index (χ1n) is 14.5. The van der Waals surface area contributed by atoms with E-state index in [0.717, 1.165) is 30.0 Å². The monoisotopic (exact) mass is 585 g/mol. The van der Waals surface area contributed by atoms with Gasteiger partial charge in [0, 0.05) is 6.54 Å². The van der Waals surface area contributed by atoms with Crippen molar-refractivity contribution >= 4 is 17.6 Å². The first-order valence-corrected chi connectivity index (χ1v) is 14.5. The molecule has 226 valence electrons. The van der Waals surface area contributed by atoms with Crippen LogP contribution in [0.2, 0.25) is 0 Å². The maximum absolute atomic E-state index is 13.1. The van der Waals surface area contributed by atoms with Crippen LogP contribution in [0.25, 0.3) is 0 Å². The molecule has 0 aliphatic heterocycles. The molecule has 1 heterocycles. The van der Waals surface area contributed by atoms with Crippen LogP contribution in [0.4, 0.5) is 5.69 Å². The summed E-state index contributed by atoms with van der Waals surface area (Å²) in [6, 6.07) is 24.9. The van der Waals surface area contributed by atoms with Crippen LogP contribution in [0, 0.1) is 0 Å². The second-order valence-electron chi connectivity index (χ2n) is 9.96. The lowest BCUT2D eigenvalue weighted by atomic mass is 10.1. The predicted molar refractivity (Wildman–Crippen MR) is 165 cm³/mol. The first kappa shape index (κ1) is 31.3. The lowest BCUT2D eigenvalue weighted by Gasteiger charge is -2.18. The van der Waals surface area contributed by atoms with E-state index in [2.05, 4.69) is 24.1 Å². The van der Waals surface area contributed by atoms with Gasteiger partial charge in [-0.05, 0) is 73.1 Å². The van der Waals surface area contributed by atoms with Gasteiger partial charge < -0.3 is 34.6 Å². The zero-order valence-corrected chi connectivity index (χ0v) is 24.7. The number of carbonyl (C=O) groups is 2. The Labute approximate surface area is 252 Å². The fourth-order valence-corrected chi connectivity index (χ4v) is 4.34. The molecule has 0 radical (unpaired) electrons. The number of amides is 1. The molecule has 4 rings (SSSR count). The predicted octanol–water partition coefficient (Wildman–Crippen LogP) is 5.44. The van der Waals surface area contributed by atoms with E-state index in [-0.39, 0.29) is 19.1 Å². The van der Waals surface area contributed by atoms with Crippen LogP contribution in [0.3, 0.4) is 0 Å². The summed E-state index contributed by atoms with van der Waals surface area (Å²) in [5, 5.41) is 2.85. The largest absolute Gasteiger partial charge is 0.489 e. The van der Waals surface area contributed by atoms with Crippen molar-refractivity contribution in [1.29, 1.82) is 0 Å². The molecule has 0 fully saturated rings. The number of furan rings is 1. The average Bonchev–Trinajstić information content (AvgIpc) is 3.56. The maximum atomic E-state index is 13.1. The Bertz CT molecular complexity index is 1420. The second-order valence-corrected chi connectivity index (χ2v) is 9.96. The van der Waals surface area contributed by atoms with Gasteiger partial charge >= 0.3 is 5.97 Å². The van der Waals surface area contributed by atoms with Crippen molar-refractivity contribution in [3.8, 4) is 11.5 Å². The highest BCUT2D eigenvalue weighted by Gasteiger charge is 2.19. The Morgan fingerprint density at radius 2 is 1.65 bits per heavy atom. The SMILES string of the molecule is CCN(CC)CCOC(=O)c1ccc(NC(=O)C(N)Cc2ccc(OCc3ccccc3)cc2)c(OCc2ccco2)c1. The number of rotatable bonds is 16. The Morgan fingerprint density at radius 1 is 0.884 bits per heavy atom. The van der Waals surface area contributed by atoms with Gasteiger partial charge in [0.05, 0.1) is 23.6 Å². The van der Waals surface area contributed by atoms with Crippen LogP contribution in [-0.2, 0) is 29.2 Å². The van der Waals surface area contributed by atoms with Crippen LogP contribution < -0.4 is 20.5 Å². The highest BCUT2D eigenvalue weighted by molar-refractivity contribution is 5.97. The minimum Gasteiger partial charge on any atom is -0.489 e. The number of anilines is 1. The van der Waals surface area contributed by atoms with Gasteiger partial charge in [-0.15, -0.1) is 0 Å². The molecule has 0 spiro atoms. The molecular weight excluding hydrogens is 546 g/mol. The Hall–Kier alpha value is -4.60. The number of esters is 1. The summed E-state index contributed by atoms with van der Waals surface area (Å²) in [6.45, 7) is 7.39. The minimum atomic E-state index is -0.821. The summed E-state index contributed by atoms with van der Waals surface area (Å²) >= 11 is 0. The van der Waals surface area contributed by atoms with E-state index in [1.807, 2.05) is 54.6 Å². The van der Waals surface area contributed by atoms with Crippen LogP contribution in [0.15, 0.2) is 95.6 Å². The topological polar surface area (TPSA) is 116 Å². The number of hydrogen-bond acceptors (Lipinski definition) is 8. The quantitative estimate of drug-likeness (QED) is 0.167. The van der Waals surface area contributed by atoms with Crippen LogP contribution in [0.1, 0.15) is 41.1 Å². The molecule has 9 heteroatoms. The normalized spacial score (nSPS) is 11.6. The zero-order chi connectivity index (χ0) is 30.4.